The molecule has 4 bridgehead atoms. The van der Waals surface area contributed by atoms with Crippen molar-refractivity contribution in [1.82, 2.24) is 0 Å². The summed E-state index contributed by atoms with van der Waals surface area (Å²) in [6, 6.07) is 0. The van der Waals surface area contributed by atoms with Gasteiger partial charge in [-0.3, -0.25) is 0 Å². The van der Waals surface area contributed by atoms with E-state index >= 15 is 0 Å². The molecule has 4 aliphatic carbocycles. The predicted octanol–water partition coefficient (Wildman–Crippen LogP) is 3.39. The number of hydrogen-bond donors (Lipinski definition) is 1. The van der Waals surface area contributed by atoms with Gasteiger partial charge in [0.05, 0.1) is 6.61 Å². The van der Waals surface area contributed by atoms with Gasteiger partial charge in [0.2, 0.25) is 0 Å². The van der Waals surface area contributed by atoms with E-state index < -0.39 is 0 Å². The average Bonchev–Trinajstić information content (AvgIpc) is 2.62. The summed E-state index contributed by atoms with van der Waals surface area (Å²) in [7, 11) is 0. The first-order valence-corrected chi connectivity index (χ1v) is 6.80. The molecule has 4 fully saturated rings. The Bertz CT molecular complexity index is 331. The van der Waals surface area contributed by atoms with Gasteiger partial charge in [-0.25, -0.2) is 0 Å². The minimum atomic E-state index is 0.225. The summed E-state index contributed by atoms with van der Waals surface area (Å²) in [6.07, 6.45) is 7.76. The molecule has 4 saturated carbocycles. The number of aliphatic hydroxyl groups excluding tert-OH is 1. The first kappa shape index (κ1) is 10.8. The van der Waals surface area contributed by atoms with E-state index in [9.17, 15) is 0 Å². The molecule has 4 aliphatic rings. The summed E-state index contributed by atoms with van der Waals surface area (Å²) in [6.45, 7) is 7.33. The molecule has 16 heavy (non-hydrogen) atoms. The Kier molecular flexibility index (Phi) is 2.12. The summed E-state index contributed by atoms with van der Waals surface area (Å²) < 4.78 is 0. The molecule has 0 spiro atoms. The van der Waals surface area contributed by atoms with Gasteiger partial charge < -0.3 is 5.11 Å². The monoisotopic (exact) mass is 220 g/mol. The van der Waals surface area contributed by atoms with Crippen LogP contribution < -0.4 is 0 Å². The van der Waals surface area contributed by atoms with Gasteiger partial charge in [0, 0.05) is 0 Å². The third-order valence-electron chi connectivity index (χ3n) is 6.53. The molecule has 1 heteroatoms. The molecular weight excluding hydrogens is 196 g/mol. The van der Waals surface area contributed by atoms with Gasteiger partial charge in [0.25, 0.3) is 0 Å². The quantitative estimate of drug-likeness (QED) is 0.720. The molecule has 90 valence electrons. The number of rotatable bonds is 4. The van der Waals surface area contributed by atoms with Crippen molar-refractivity contribution >= 4 is 0 Å². The van der Waals surface area contributed by atoms with Crippen LogP contribution in [0.4, 0.5) is 0 Å². The van der Waals surface area contributed by atoms with Crippen LogP contribution in [-0.2, 0) is 0 Å². The second-order valence-corrected chi connectivity index (χ2v) is 6.83. The van der Waals surface area contributed by atoms with Crippen LogP contribution in [-0.4, -0.2) is 11.7 Å². The van der Waals surface area contributed by atoms with Crippen molar-refractivity contribution in [2.75, 3.05) is 6.61 Å². The average molecular weight is 220 g/mol. The minimum absolute atomic E-state index is 0.225. The topological polar surface area (TPSA) is 20.2 Å². The van der Waals surface area contributed by atoms with Crippen molar-refractivity contribution in [1.29, 1.82) is 0 Å². The maximum atomic E-state index is 8.99. The lowest BCUT2D eigenvalue weighted by atomic mass is 9.71. The molecular formula is C15H24O. The molecule has 4 unspecified atom stereocenters. The predicted molar refractivity (Wildman–Crippen MR) is 66.0 cm³/mol. The van der Waals surface area contributed by atoms with E-state index in [1.807, 2.05) is 6.92 Å². The Labute approximate surface area is 98.9 Å². The van der Waals surface area contributed by atoms with Crippen LogP contribution in [0.1, 0.15) is 46.5 Å². The van der Waals surface area contributed by atoms with Gasteiger partial charge in [-0.15, -0.1) is 0 Å². The zero-order valence-electron chi connectivity index (χ0n) is 10.8. The van der Waals surface area contributed by atoms with Crippen LogP contribution in [0.3, 0.4) is 0 Å². The number of aliphatic hydroxyl groups is 1. The van der Waals surface area contributed by atoms with E-state index in [1.165, 1.54) is 19.3 Å². The van der Waals surface area contributed by atoms with Gasteiger partial charge in [-0.1, -0.05) is 25.5 Å². The highest BCUT2D eigenvalue weighted by atomic mass is 16.3. The standard InChI is InChI=1S/C15H24O/c1-10(9-16)5-4-6-14(2)11-7-12-13(8-11)15(12,14)3/h5,11-13,16H,4,6-9H2,1-3H3/t11?,12-,13?,14?,15?/m1/s1. The molecule has 0 saturated heterocycles. The first-order valence-electron chi connectivity index (χ1n) is 6.80. The second kappa shape index (κ2) is 3.13. The van der Waals surface area contributed by atoms with Crippen molar-refractivity contribution in [2.45, 2.75) is 46.5 Å². The molecule has 0 heterocycles. The van der Waals surface area contributed by atoms with E-state index in [0.29, 0.717) is 10.8 Å². The fourth-order valence-corrected chi connectivity index (χ4v) is 5.19. The summed E-state index contributed by atoms with van der Waals surface area (Å²) in [5.74, 6) is 3.16. The fraction of sp³-hybridized carbons (Fsp3) is 0.867. The third kappa shape index (κ3) is 1.06. The van der Waals surface area contributed by atoms with Gasteiger partial charge in [0.1, 0.15) is 0 Å². The first-order chi connectivity index (χ1) is 7.54. The van der Waals surface area contributed by atoms with E-state index in [4.69, 9.17) is 5.11 Å². The van der Waals surface area contributed by atoms with Crippen molar-refractivity contribution in [3.05, 3.63) is 11.6 Å². The van der Waals surface area contributed by atoms with Crippen LogP contribution in [0.2, 0.25) is 0 Å². The molecule has 0 aromatic rings. The van der Waals surface area contributed by atoms with Crippen molar-refractivity contribution in [3.8, 4) is 0 Å². The lowest BCUT2D eigenvalue weighted by molar-refractivity contribution is 0.154. The Morgan fingerprint density at radius 3 is 2.38 bits per heavy atom. The largest absolute Gasteiger partial charge is 0.392 e. The van der Waals surface area contributed by atoms with Crippen LogP contribution in [0.5, 0.6) is 0 Å². The van der Waals surface area contributed by atoms with Crippen LogP contribution in [0.15, 0.2) is 11.6 Å². The fourth-order valence-electron chi connectivity index (χ4n) is 5.19. The van der Waals surface area contributed by atoms with Crippen LogP contribution in [0, 0.1) is 28.6 Å². The molecule has 0 radical (unpaired) electrons. The molecule has 0 aliphatic heterocycles. The molecule has 1 N–H and O–H groups in total. The molecule has 0 aromatic heterocycles. The highest BCUT2D eigenvalue weighted by Crippen LogP contribution is 2.87. The van der Waals surface area contributed by atoms with Crippen LogP contribution in [0.25, 0.3) is 0 Å². The van der Waals surface area contributed by atoms with Crippen molar-refractivity contribution < 1.29 is 5.11 Å². The Hall–Kier alpha value is -0.300. The molecule has 0 aromatic carbocycles. The molecule has 5 atom stereocenters. The van der Waals surface area contributed by atoms with E-state index in [-0.39, 0.29) is 6.61 Å². The highest BCUT2D eigenvalue weighted by Gasteiger charge is 2.80. The van der Waals surface area contributed by atoms with E-state index in [1.54, 1.807) is 0 Å². The lowest BCUT2D eigenvalue weighted by Gasteiger charge is -2.34. The van der Waals surface area contributed by atoms with Crippen LogP contribution >= 0.6 is 0 Å². The molecule has 0 amide bonds. The summed E-state index contributed by atoms with van der Waals surface area (Å²) in [4.78, 5) is 0. The maximum absolute atomic E-state index is 8.99. The molecule has 4 rings (SSSR count). The maximum Gasteiger partial charge on any atom is 0.0639 e. The third-order valence-corrected chi connectivity index (χ3v) is 6.53. The summed E-state index contributed by atoms with van der Waals surface area (Å²) in [5.41, 5.74) is 2.43. The minimum Gasteiger partial charge on any atom is -0.392 e. The second-order valence-electron chi connectivity index (χ2n) is 6.83. The highest BCUT2D eigenvalue weighted by molar-refractivity contribution is 5.29. The Balaban J connectivity index is 1.68. The van der Waals surface area contributed by atoms with Gasteiger partial charge in [0.15, 0.2) is 0 Å². The Morgan fingerprint density at radius 2 is 1.94 bits per heavy atom. The summed E-state index contributed by atoms with van der Waals surface area (Å²) in [5, 5.41) is 8.99. The van der Waals surface area contributed by atoms with Gasteiger partial charge >= 0.3 is 0 Å². The van der Waals surface area contributed by atoms with Crippen molar-refractivity contribution in [3.63, 3.8) is 0 Å². The van der Waals surface area contributed by atoms with Gasteiger partial charge in [-0.05, 0) is 61.2 Å². The zero-order chi connectivity index (χ0) is 11.6. The normalized spacial score (nSPS) is 53.5. The van der Waals surface area contributed by atoms with E-state index in [2.05, 4.69) is 19.9 Å². The van der Waals surface area contributed by atoms with Crippen molar-refractivity contribution in [2.24, 2.45) is 28.6 Å². The van der Waals surface area contributed by atoms with Gasteiger partial charge in [-0.2, -0.15) is 0 Å². The number of hydrogen-bond acceptors (Lipinski definition) is 1. The SMILES string of the molecule is CC(=CCCC1(C)C2CC3[C@@H](C2)C31C)CO. The molecule has 1 nitrogen and oxygen atoms in total. The van der Waals surface area contributed by atoms with E-state index in [0.717, 1.165) is 29.7 Å². The smallest absolute Gasteiger partial charge is 0.0639 e. The summed E-state index contributed by atoms with van der Waals surface area (Å²) >= 11 is 0. The zero-order valence-corrected chi connectivity index (χ0v) is 10.8. The Morgan fingerprint density at radius 1 is 1.31 bits per heavy atom. The number of allylic oxidation sites excluding steroid dienone is 1. The lowest BCUT2D eigenvalue weighted by Crippen LogP contribution is -2.26.